The van der Waals surface area contributed by atoms with E-state index in [0.29, 0.717) is 16.4 Å². The second-order valence-corrected chi connectivity index (χ2v) is 7.03. The van der Waals surface area contributed by atoms with Gasteiger partial charge in [-0.2, -0.15) is 5.11 Å². The molecule has 9 heteroatoms. The van der Waals surface area contributed by atoms with Crippen LogP contribution in [0.3, 0.4) is 0 Å². The van der Waals surface area contributed by atoms with Gasteiger partial charge in [-0.15, -0.1) is 0 Å². The standard InChI is InChI=1S/C19H16ClN5O3/c1-11-2-8-14(9-3-11)25-18(27)16-17(19(25)28)24(23-22-16)10-15(26)21-13-6-4-12(20)5-7-13/h2-9,16-17H,10H2,1H3,(H,21,26)/t16-,17-/m1/s1. The summed E-state index contributed by atoms with van der Waals surface area (Å²) >= 11 is 5.83. The van der Waals surface area contributed by atoms with Crippen molar-refractivity contribution in [3.63, 3.8) is 0 Å². The van der Waals surface area contributed by atoms with Gasteiger partial charge >= 0.3 is 0 Å². The van der Waals surface area contributed by atoms with Crippen molar-refractivity contribution in [3.8, 4) is 0 Å². The molecule has 2 aromatic carbocycles. The van der Waals surface area contributed by atoms with Crippen LogP contribution in [0.25, 0.3) is 0 Å². The van der Waals surface area contributed by atoms with Gasteiger partial charge in [-0.05, 0) is 43.3 Å². The summed E-state index contributed by atoms with van der Waals surface area (Å²) in [4.78, 5) is 38.9. The van der Waals surface area contributed by atoms with Crippen molar-refractivity contribution in [2.24, 2.45) is 10.3 Å². The Labute approximate surface area is 165 Å². The Morgan fingerprint density at radius 3 is 2.43 bits per heavy atom. The molecule has 2 heterocycles. The number of hydrogen-bond acceptors (Lipinski definition) is 6. The summed E-state index contributed by atoms with van der Waals surface area (Å²) in [7, 11) is 0. The molecule has 1 fully saturated rings. The lowest BCUT2D eigenvalue weighted by atomic mass is 10.1. The molecular weight excluding hydrogens is 382 g/mol. The highest BCUT2D eigenvalue weighted by atomic mass is 35.5. The molecule has 1 saturated heterocycles. The molecule has 0 aliphatic carbocycles. The largest absolute Gasteiger partial charge is 0.324 e. The average Bonchev–Trinajstić information content (AvgIpc) is 3.18. The highest BCUT2D eigenvalue weighted by Gasteiger charge is 2.55. The van der Waals surface area contributed by atoms with Gasteiger partial charge in [0.15, 0.2) is 12.1 Å². The van der Waals surface area contributed by atoms with Crippen molar-refractivity contribution in [2.75, 3.05) is 16.8 Å². The number of carbonyl (C=O) groups is 3. The molecule has 3 amide bonds. The fraction of sp³-hybridized carbons (Fsp3) is 0.211. The Morgan fingerprint density at radius 1 is 1.07 bits per heavy atom. The smallest absolute Gasteiger partial charge is 0.263 e. The van der Waals surface area contributed by atoms with Crippen LogP contribution in [-0.4, -0.2) is 41.4 Å². The minimum atomic E-state index is -0.933. The zero-order valence-corrected chi connectivity index (χ0v) is 15.6. The van der Waals surface area contributed by atoms with Gasteiger partial charge in [-0.1, -0.05) is 34.5 Å². The van der Waals surface area contributed by atoms with Crippen LogP contribution < -0.4 is 10.2 Å². The normalized spacial score (nSPS) is 20.6. The Bertz CT molecular complexity index is 974. The molecule has 142 valence electrons. The number of carbonyl (C=O) groups excluding carboxylic acids is 3. The van der Waals surface area contributed by atoms with Crippen LogP contribution in [0.5, 0.6) is 0 Å². The predicted molar refractivity (Wildman–Crippen MR) is 103 cm³/mol. The molecule has 4 rings (SSSR count). The van der Waals surface area contributed by atoms with Crippen molar-refractivity contribution < 1.29 is 14.4 Å². The average molecular weight is 398 g/mol. The summed E-state index contributed by atoms with van der Waals surface area (Å²) in [6, 6.07) is 11.9. The fourth-order valence-corrected chi connectivity index (χ4v) is 3.31. The highest BCUT2D eigenvalue weighted by molar-refractivity contribution is 6.30. The zero-order valence-electron chi connectivity index (χ0n) is 14.9. The van der Waals surface area contributed by atoms with Gasteiger partial charge in [-0.25, -0.2) is 4.90 Å². The number of nitrogens with zero attached hydrogens (tertiary/aromatic N) is 4. The molecule has 8 nitrogen and oxygen atoms in total. The molecule has 0 spiro atoms. The molecule has 0 radical (unpaired) electrons. The predicted octanol–water partition coefficient (Wildman–Crippen LogP) is 2.58. The summed E-state index contributed by atoms with van der Waals surface area (Å²) in [5.74, 6) is -1.26. The second-order valence-electron chi connectivity index (χ2n) is 6.59. The lowest BCUT2D eigenvalue weighted by molar-refractivity contribution is -0.123. The highest BCUT2D eigenvalue weighted by Crippen LogP contribution is 2.31. The molecule has 2 aliphatic rings. The fourth-order valence-electron chi connectivity index (χ4n) is 3.18. The quantitative estimate of drug-likeness (QED) is 0.802. The first kappa shape index (κ1) is 18.1. The number of halogens is 1. The van der Waals surface area contributed by atoms with Crippen LogP contribution in [-0.2, 0) is 14.4 Å². The third-order valence-corrected chi connectivity index (χ3v) is 4.84. The van der Waals surface area contributed by atoms with E-state index in [1.807, 2.05) is 19.1 Å². The summed E-state index contributed by atoms with van der Waals surface area (Å²) in [6.07, 6.45) is 0. The van der Waals surface area contributed by atoms with Crippen molar-refractivity contribution in [1.29, 1.82) is 0 Å². The Hall–Kier alpha value is -3.26. The molecule has 0 aromatic heterocycles. The number of benzene rings is 2. The molecular formula is C19H16ClN5O3. The third-order valence-electron chi connectivity index (χ3n) is 4.58. The number of anilines is 2. The van der Waals surface area contributed by atoms with Crippen LogP contribution in [0, 0.1) is 6.92 Å². The van der Waals surface area contributed by atoms with Crippen LogP contribution in [0.2, 0.25) is 5.02 Å². The number of amides is 3. The molecule has 28 heavy (non-hydrogen) atoms. The van der Waals surface area contributed by atoms with Gasteiger partial charge in [0.2, 0.25) is 5.91 Å². The number of rotatable bonds is 4. The summed E-state index contributed by atoms with van der Waals surface area (Å²) in [5.41, 5.74) is 2.07. The van der Waals surface area contributed by atoms with Crippen LogP contribution in [0.15, 0.2) is 58.9 Å². The maximum absolute atomic E-state index is 12.9. The molecule has 2 aromatic rings. The maximum Gasteiger partial charge on any atom is 0.263 e. The van der Waals surface area contributed by atoms with E-state index in [2.05, 4.69) is 15.7 Å². The van der Waals surface area contributed by atoms with Crippen LogP contribution in [0.4, 0.5) is 11.4 Å². The van der Waals surface area contributed by atoms with E-state index >= 15 is 0 Å². The van der Waals surface area contributed by atoms with Crippen molar-refractivity contribution >= 4 is 40.7 Å². The van der Waals surface area contributed by atoms with Gasteiger partial charge in [0.25, 0.3) is 11.8 Å². The number of aryl methyl sites for hydroxylation is 1. The lowest BCUT2D eigenvalue weighted by Crippen LogP contribution is -2.43. The summed E-state index contributed by atoms with van der Waals surface area (Å²) < 4.78 is 0. The minimum absolute atomic E-state index is 0.200. The van der Waals surface area contributed by atoms with E-state index in [1.54, 1.807) is 36.4 Å². The minimum Gasteiger partial charge on any atom is -0.324 e. The number of fused-ring (bicyclic) bond motifs is 1. The molecule has 2 atom stereocenters. The number of hydrogen-bond donors (Lipinski definition) is 1. The van der Waals surface area contributed by atoms with E-state index in [-0.39, 0.29) is 12.5 Å². The number of nitrogens with one attached hydrogen (secondary N) is 1. The number of imide groups is 1. The third kappa shape index (κ3) is 3.22. The van der Waals surface area contributed by atoms with E-state index in [1.165, 1.54) is 5.01 Å². The first-order chi connectivity index (χ1) is 13.4. The Kier molecular flexibility index (Phi) is 4.56. The van der Waals surface area contributed by atoms with E-state index in [4.69, 9.17) is 11.6 Å². The van der Waals surface area contributed by atoms with Gasteiger partial charge in [-0.3, -0.25) is 19.4 Å². The molecule has 2 aliphatic heterocycles. The van der Waals surface area contributed by atoms with E-state index < -0.39 is 23.9 Å². The Balaban J connectivity index is 1.48. The maximum atomic E-state index is 12.9. The van der Waals surface area contributed by atoms with E-state index in [0.717, 1.165) is 10.5 Å². The lowest BCUT2D eigenvalue weighted by Gasteiger charge is -2.20. The first-order valence-corrected chi connectivity index (χ1v) is 8.99. The second kappa shape index (κ2) is 7.05. The monoisotopic (exact) mass is 397 g/mol. The Morgan fingerprint density at radius 2 is 1.75 bits per heavy atom. The van der Waals surface area contributed by atoms with Crippen LogP contribution >= 0.6 is 11.6 Å². The summed E-state index contributed by atoms with van der Waals surface area (Å²) in [5, 5.41) is 12.3. The molecule has 0 bridgehead atoms. The molecule has 0 saturated carbocycles. The molecule has 1 N–H and O–H groups in total. The topological polar surface area (TPSA) is 94.4 Å². The van der Waals surface area contributed by atoms with Crippen molar-refractivity contribution in [3.05, 3.63) is 59.1 Å². The van der Waals surface area contributed by atoms with Gasteiger partial charge in [0, 0.05) is 10.7 Å². The van der Waals surface area contributed by atoms with Gasteiger partial charge in [0.1, 0.15) is 6.54 Å². The SMILES string of the molecule is Cc1ccc(N2C(=O)[C@@H]3N=NN(CC(=O)Nc4ccc(Cl)cc4)[C@H]3C2=O)cc1. The van der Waals surface area contributed by atoms with Crippen LogP contribution in [0.1, 0.15) is 5.56 Å². The first-order valence-electron chi connectivity index (χ1n) is 8.61. The van der Waals surface area contributed by atoms with E-state index in [9.17, 15) is 14.4 Å². The summed E-state index contributed by atoms with van der Waals surface area (Å²) in [6.45, 7) is 1.72. The van der Waals surface area contributed by atoms with Gasteiger partial charge in [0.05, 0.1) is 5.69 Å². The zero-order chi connectivity index (χ0) is 19.8. The van der Waals surface area contributed by atoms with Crippen molar-refractivity contribution in [2.45, 2.75) is 19.0 Å². The van der Waals surface area contributed by atoms with Gasteiger partial charge < -0.3 is 5.32 Å². The molecule has 0 unspecified atom stereocenters. The van der Waals surface area contributed by atoms with Crippen molar-refractivity contribution in [1.82, 2.24) is 5.01 Å².